The summed E-state index contributed by atoms with van der Waals surface area (Å²) in [7, 11) is 0. The number of nitrogens with one attached hydrogen (secondary N) is 2. The van der Waals surface area contributed by atoms with Crippen LogP contribution in [0.1, 0.15) is 39.0 Å². The van der Waals surface area contributed by atoms with E-state index < -0.39 is 17.4 Å². The summed E-state index contributed by atoms with van der Waals surface area (Å²) in [5.41, 5.74) is -0.417. The third-order valence-electron chi connectivity index (χ3n) is 4.27. The van der Waals surface area contributed by atoms with Gasteiger partial charge in [-0.05, 0) is 49.8 Å². The molecular weight excluding hydrogens is 271 g/mol. The molecule has 5 heteroatoms. The molecule has 0 saturated heterocycles. The highest BCUT2D eigenvalue weighted by atomic mass is 19.1. The van der Waals surface area contributed by atoms with Crippen molar-refractivity contribution in [1.29, 1.82) is 0 Å². The minimum absolute atomic E-state index is 0.227. The van der Waals surface area contributed by atoms with Crippen LogP contribution in [0.2, 0.25) is 0 Å². The molecule has 0 atom stereocenters. The summed E-state index contributed by atoms with van der Waals surface area (Å²) >= 11 is 0. The average Bonchev–Trinajstić information content (AvgIpc) is 2.46. The van der Waals surface area contributed by atoms with E-state index in [2.05, 4.69) is 17.6 Å². The Bertz CT molecular complexity index is 485. The van der Waals surface area contributed by atoms with Gasteiger partial charge in [-0.2, -0.15) is 0 Å². The van der Waals surface area contributed by atoms with Crippen LogP contribution in [0, 0.1) is 11.7 Å². The Morgan fingerprint density at radius 3 is 2.76 bits per heavy atom. The highest BCUT2D eigenvalue weighted by Crippen LogP contribution is 2.33. The molecule has 3 N–H and O–H groups in total. The van der Waals surface area contributed by atoms with Crippen LogP contribution in [0.15, 0.2) is 24.3 Å². The fraction of sp³-hybridized carbons (Fsp3) is 0.562. The highest BCUT2D eigenvalue weighted by molar-refractivity contribution is 5.89. The van der Waals surface area contributed by atoms with Gasteiger partial charge >= 0.3 is 6.03 Å². The third kappa shape index (κ3) is 4.70. The van der Waals surface area contributed by atoms with Crippen molar-refractivity contribution in [2.75, 3.05) is 11.9 Å². The monoisotopic (exact) mass is 294 g/mol. The fourth-order valence-corrected chi connectivity index (χ4v) is 2.79. The Labute approximate surface area is 124 Å². The molecule has 4 nitrogen and oxygen atoms in total. The highest BCUT2D eigenvalue weighted by Gasteiger charge is 2.32. The zero-order valence-electron chi connectivity index (χ0n) is 12.4. The number of hydrogen-bond donors (Lipinski definition) is 3. The molecule has 1 aliphatic rings. The second-order valence-corrected chi connectivity index (χ2v) is 5.89. The van der Waals surface area contributed by atoms with Gasteiger partial charge < -0.3 is 15.7 Å². The largest absolute Gasteiger partial charge is 0.388 e. The zero-order chi connectivity index (χ0) is 15.3. The molecule has 21 heavy (non-hydrogen) atoms. The number of hydrogen-bond acceptors (Lipinski definition) is 2. The van der Waals surface area contributed by atoms with Crippen molar-refractivity contribution in [3.05, 3.63) is 30.1 Å². The van der Waals surface area contributed by atoms with Gasteiger partial charge in [0.05, 0.1) is 5.60 Å². The summed E-state index contributed by atoms with van der Waals surface area (Å²) in [5, 5.41) is 15.7. The number of carbonyl (C=O) groups excluding carboxylic acids is 1. The SMILES string of the molecule is CCC1CCC(O)(CNC(=O)Nc2cccc(F)c2)CC1. The van der Waals surface area contributed by atoms with Gasteiger partial charge in [0.15, 0.2) is 0 Å². The second-order valence-electron chi connectivity index (χ2n) is 5.89. The first-order valence-corrected chi connectivity index (χ1v) is 7.53. The summed E-state index contributed by atoms with van der Waals surface area (Å²) < 4.78 is 13.0. The van der Waals surface area contributed by atoms with Crippen molar-refractivity contribution in [1.82, 2.24) is 5.32 Å². The van der Waals surface area contributed by atoms with E-state index in [-0.39, 0.29) is 6.54 Å². The number of carbonyl (C=O) groups is 1. The molecule has 0 aliphatic heterocycles. The maximum Gasteiger partial charge on any atom is 0.319 e. The van der Waals surface area contributed by atoms with E-state index in [9.17, 15) is 14.3 Å². The van der Waals surface area contributed by atoms with Gasteiger partial charge in [-0.1, -0.05) is 19.4 Å². The Balaban J connectivity index is 1.78. The molecule has 2 amide bonds. The fourth-order valence-electron chi connectivity index (χ4n) is 2.79. The van der Waals surface area contributed by atoms with Gasteiger partial charge in [-0.3, -0.25) is 0 Å². The molecule has 0 spiro atoms. The normalized spacial score (nSPS) is 25.4. The molecule has 2 rings (SSSR count). The topological polar surface area (TPSA) is 61.4 Å². The quantitative estimate of drug-likeness (QED) is 0.798. The molecule has 1 aromatic carbocycles. The van der Waals surface area contributed by atoms with Crippen LogP contribution in [-0.4, -0.2) is 23.3 Å². The Morgan fingerprint density at radius 1 is 1.43 bits per heavy atom. The number of benzene rings is 1. The molecule has 1 aromatic rings. The van der Waals surface area contributed by atoms with E-state index in [1.807, 2.05) is 0 Å². The van der Waals surface area contributed by atoms with Crippen LogP contribution in [-0.2, 0) is 0 Å². The number of anilines is 1. The average molecular weight is 294 g/mol. The van der Waals surface area contributed by atoms with Crippen LogP contribution >= 0.6 is 0 Å². The van der Waals surface area contributed by atoms with Crippen molar-refractivity contribution in [2.24, 2.45) is 5.92 Å². The van der Waals surface area contributed by atoms with E-state index in [1.165, 1.54) is 18.2 Å². The van der Waals surface area contributed by atoms with Gasteiger partial charge in [-0.15, -0.1) is 0 Å². The molecule has 1 aliphatic carbocycles. The predicted molar refractivity (Wildman–Crippen MR) is 80.6 cm³/mol. The number of rotatable bonds is 4. The maximum atomic E-state index is 13.0. The first kappa shape index (κ1) is 15.8. The molecular formula is C16H23FN2O2. The molecule has 1 fully saturated rings. The standard InChI is InChI=1S/C16H23FN2O2/c1-2-12-6-8-16(21,9-7-12)11-18-15(20)19-14-5-3-4-13(17)10-14/h3-5,10,12,21H,2,6-9,11H2,1H3,(H2,18,19,20). The number of aliphatic hydroxyl groups is 1. The summed E-state index contributed by atoms with van der Waals surface area (Å²) in [6, 6.07) is 5.29. The molecule has 0 heterocycles. The van der Waals surface area contributed by atoms with Crippen LogP contribution in [0.25, 0.3) is 0 Å². The Hall–Kier alpha value is -1.62. The Morgan fingerprint density at radius 2 is 2.14 bits per heavy atom. The van der Waals surface area contributed by atoms with E-state index in [1.54, 1.807) is 6.07 Å². The molecule has 0 bridgehead atoms. The summed E-state index contributed by atoms with van der Waals surface area (Å²) in [4.78, 5) is 11.8. The van der Waals surface area contributed by atoms with Crippen LogP contribution < -0.4 is 10.6 Å². The van der Waals surface area contributed by atoms with Gasteiger partial charge in [-0.25, -0.2) is 9.18 Å². The number of urea groups is 1. The maximum absolute atomic E-state index is 13.0. The minimum atomic E-state index is -0.815. The first-order valence-electron chi connectivity index (χ1n) is 7.53. The second kappa shape index (κ2) is 6.89. The summed E-state index contributed by atoms with van der Waals surface area (Å²) in [6.07, 6.45) is 4.57. The zero-order valence-corrected chi connectivity index (χ0v) is 12.4. The van der Waals surface area contributed by atoms with Crippen LogP contribution in [0.5, 0.6) is 0 Å². The van der Waals surface area contributed by atoms with Crippen LogP contribution in [0.4, 0.5) is 14.9 Å². The lowest BCUT2D eigenvalue weighted by molar-refractivity contribution is -0.00612. The van der Waals surface area contributed by atoms with Gasteiger partial charge in [0.2, 0.25) is 0 Å². The molecule has 0 radical (unpaired) electrons. The number of halogens is 1. The minimum Gasteiger partial charge on any atom is -0.388 e. The van der Waals surface area contributed by atoms with Gasteiger partial charge in [0.1, 0.15) is 5.82 Å². The lowest BCUT2D eigenvalue weighted by atomic mass is 9.78. The van der Waals surface area contributed by atoms with Crippen molar-refractivity contribution in [2.45, 2.75) is 44.6 Å². The van der Waals surface area contributed by atoms with Crippen molar-refractivity contribution in [3.8, 4) is 0 Å². The van der Waals surface area contributed by atoms with E-state index in [0.29, 0.717) is 24.4 Å². The predicted octanol–water partition coefficient (Wildman–Crippen LogP) is 3.28. The van der Waals surface area contributed by atoms with E-state index in [4.69, 9.17) is 0 Å². The van der Waals surface area contributed by atoms with Crippen LogP contribution in [0.3, 0.4) is 0 Å². The summed E-state index contributed by atoms with van der Waals surface area (Å²) in [5.74, 6) is 0.288. The third-order valence-corrected chi connectivity index (χ3v) is 4.27. The molecule has 116 valence electrons. The van der Waals surface area contributed by atoms with Crippen molar-refractivity contribution in [3.63, 3.8) is 0 Å². The van der Waals surface area contributed by atoms with Crippen molar-refractivity contribution < 1.29 is 14.3 Å². The molecule has 0 aromatic heterocycles. The van der Waals surface area contributed by atoms with E-state index in [0.717, 1.165) is 19.3 Å². The number of amides is 2. The van der Waals surface area contributed by atoms with Gasteiger partial charge in [0, 0.05) is 12.2 Å². The molecule has 1 saturated carbocycles. The smallest absolute Gasteiger partial charge is 0.319 e. The first-order chi connectivity index (χ1) is 10.0. The lowest BCUT2D eigenvalue weighted by Crippen LogP contribution is -2.46. The van der Waals surface area contributed by atoms with Crippen molar-refractivity contribution >= 4 is 11.7 Å². The Kier molecular flexibility index (Phi) is 5.17. The summed E-state index contributed by atoms with van der Waals surface area (Å²) in [6.45, 7) is 2.39. The van der Waals surface area contributed by atoms with Gasteiger partial charge in [0.25, 0.3) is 0 Å². The van der Waals surface area contributed by atoms with E-state index >= 15 is 0 Å². The lowest BCUT2D eigenvalue weighted by Gasteiger charge is -2.35. The molecule has 0 unspecified atom stereocenters.